The lowest BCUT2D eigenvalue weighted by Crippen LogP contribution is -2.30. The average molecular weight is 283 g/mol. The van der Waals surface area contributed by atoms with Crippen molar-refractivity contribution in [3.05, 3.63) is 11.9 Å². The number of carbonyl (C=O) groups is 1. The lowest BCUT2D eigenvalue weighted by atomic mass is 9.93. The van der Waals surface area contributed by atoms with Crippen molar-refractivity contribution in [1.29, 1.82) is 0 Å². The lowest BCUT2D eigenvalue weighted by Gasteiger charge is -2.14. The van der Waals surface area contributed by atoms with Gasteiger partial charge in [0.2, 0.25) is 0 Å². The van der Waals surface area contributed by atoms with Crippen LogP contribution in [-0.4, -0.2) is 28.4 Å². The second-order valence-electron chi connectivity index (χ2n) is 6.15. The minimum Gasteiger partial charge on any atom is -0.337 e. The van der Waals surface area contributed by atoms with Crippen LogP contribution in [0.5, 0.6) is 0 Å². The number of imidazole rings is 1. The van der Waals surface area contributed by atoms with Gasteiger partial charge in [0.1, 0.15) is 0 Å². The molecule has 1 heterocycles. The summed E-state index contributed by atoms with van der Waals surface area (Å²) in [5.41, 5.74) is 0.893. The Morgan fingerprint density at radius 2 is 2.11 bits per heavy atom. The third-order valence-electron chi connectivity index (χ3n) is 2.84. The SMILES string of the molecule is CSc1nc(C(C)(C)C)cn1C(=O)NCCC(C)C. The van der Waals surface area contributed by atoms with Gasteiger partial charge >= 0.3 is 6.03 Å². The van der Waals surface area contributed by atoms with Gasteiger partial charge < -0.3 is 5.32 Å². The first-order valence-electron chi connectivity index (χ1n) is 6.67. The molecule has 0 unspecified atom stereocenters. The monoisotopic (exact) mass is 283 g/mol. The van der Waals surface area contributed by atoms with Crippen molar-refractivity contribution in [3.8, 4) is 0 Å². The molecule has 1 N–H and O–H groups in total. The van der Waals surface area contributed by atoms with Crippen LogP contribution in [0, 0.1) is 5.92 Å². The molecule has 0 saturated carbocycles. The summed E-state index contributed by atoms with van der Waals surface area (Å²) in [5, 5.41) is 3.68. The van der Waals surface area contributed by atoms with Gasteiger partial charge in [0.15, 0.2) is 5.16 Å². The maximum atomic E-state index is 12.1. The Balaban J connectivity index is 2.81. The molecule has 1 amide bonds. The predicted octanol–water partition coefficient (Wildman–Crippen LogP) is 3.51. The van der Waals surface area contributed by atoms with Gasteiger partial charge in [-0.3, -0.25) is 0 Å². The third-order valence-corrected chi connectivity index (χ3v) is 3.49. The Bertz CT molecular complexity index is 432. The van der Waals surface area contributed by atoms with Gasteiger partial charge in [0.25, 0.3) is 0 Å². The first kappa shape index (κ1) is 16.1. The summed E-state index contributed by atoms with van der Waals surface area (Å²) in [4.78, 5) is 16.7. The Labute approximate surface area is 120 Å². The highest BCUT2D eigenvalue weighted by atomic mass is 32.2. The Morgan fingerprint density at radius 3 is 2.58 bits per heavy atom. The van der Waals surface area contributed by atoms with Crippen LogP contribution in [-0.2, 0) is 5.41 Å². The van der Waals surface area contributed by atoms with Gasteiger partial charge in [-0.15, -0.1) is 0 Å². The Morgan fingerprint density at radius 1 is 1.47 bits per heavy atom. The minimum absolute atomic E-state index is 0.0477. The van der Waals surface area contributed by atoms with Gasteiger partial charge in [0.05, 0.1) is 5.69 Å². The number of aromatic nitrogens is 2. The molecule has 108 valence electrons. The van der Waals surface area contributed by atoms with E-state index < -0.39 is 0 Å². The van der Waals surface area contributed by atoms with E-state index in [-0.39, 0.29) is 11.4 Å². The van der Waals surface area contributed by atoms with Gasteiger partial charge in [-0.25, -0.2) is 14.3 Å². The normalized spacial score (nSPS) is 11.9. The van der Waals surface area contributed by atoms with E-state index >= 15 is 0 Å². The number of nitrogens with one attached hydrogen (secondary N) is 1. The summed E-state index contributed by atoms with van der Waals surface area (Å²) in [5.74, 6) is 0.591. The van der Waals surface area contributed by atoms with Crippen LogP contribution in [0.4, 0.5) is 4.79 Å². The van der Waals surface area contributed by atoms with Gasteiger partial charge in [0, 0.05) is 18.2 Å². The number of thioether (sulfide) groups is 1. The summed E-state index contributed by atoms with van der Waals surface area (Å²) < 4.78 is 1.62. The molecule has 0 aliphatic rings. The summed E-state index contributed by atoms with van der Waals surface area (Å²) in [6.07, 6.45) is 4.77. The number of amides is 1. The molecular weight excluding hydrogens is 258 g/mol. The zero-order chi connectivity index (χ0) is 14.6. The van der Waals surface area contributed by atoms with Crippen LogP contribution in [0.25, 0.3) is 0 Å². The standard InChI is InChI=1S/C14H25N3OS/c1-10(2)7-8-15-12(18)17-9-11(14(3,4)5)16-13(17)19-6/h9-10H,7-8H2,1-6H3,(H,15,18). The van der Waals surface area contributed by atoms with Crippen molar-refractivity contribution in [1.82, 2.24) is 14.9 Å². The van der Waals surface area contributed by atoms with E-state index in [1.54, 1.807) is 4.57 Å². The van der Waals surface area contributed by atoms with E-state index in [9.17, 15) is 4.79 Å². The highest BCUT2D eigenvalue weighted by molar-refractivity contribution is 7.98. The van der Waals surface area contributed by atoms with Gasteiger partial charge in [-0.05, 0) is 18.6 Å². The molecule has 1 rings (SSSR count). The van der Waals surface area contributed by atoms with Crippen molar-refractivity contribution in [2.24, 2.45) is 5.92 Å². The molecular formula is C14H25N3OS. The van der Waals surface area contributed by atoms with Crippen LogP contribution in [0.15, 0.2) is 11.4 Å². The smallest absolute Gasteiger partial charge is 0.327 e. The van der Waals surface area contributed by atoms with E-state index in [1.165, 1.54) is 11.8 Å². The first-order chi connectivity index (χ1) is 8.75. The van der Waals surface area contributed by atoms with Gasteiger partial charge in [-0.1, -0.05) is 46.4 Å². The fraction of sp³-hybridized carbons (Fsp3) is 0.714. The third kappa shape index (κ3) is 4.56. The van der Waals surface area contributed by atoms with Crippen LogP contribution in [0.2, 0.25) is 0 Å². The molecule has 0 spiro atoms. The molecule has 1 aromatic heterocycles. The number of hydrogen-bond acceptors (Lipinski definition) is 3. The van der Waals surface area contributed by atoms with Crippen LogP contribution in [0.3, 0.4) is 0 Å². The largest absolute Gasteiger partial charge is 0.337 e. The number of hydrogen-bond donors (Lipinski definition) is 1. The second-order valence-corrected chi connectivity index (χ2v) is 6.92. The minimum atomic E-state index is -0.0898. The molecule has 5 heteroatoms. The van der Waals surface area contributed by atoms with Crippen molar-refractivity contribution in [3.63, 3.8) is 0 Å². The van der Waals surface area contributed by atoms with Crippen LogP contribution >= 0.6 is 11.8 Å². The van der Waals surface area contributed by atoms with E-state index in [0.717, 1.165) is 17.3 Å². The van der Waals surface area contributed by atoms with Crippen molar-refractivity contribution in [2.75, 3.05) is 12.8 Å². The lowest BCUT2D eigenvalue weighted by molar-refractivity contribution is 0.240. The van der Waals surface area contributed by atoms with Crippen molar-refractivity contribution < 1.29 is 4.79 Å². The Hall–Kier alpha value is -0.970. The summed E-state index contributed by atoms with van der Waals surface area (Å²) in [6.45, 7) is 11.3. The Kier molecular flexibility index (Phi) is 5.47. The number of rotatable bonds is 4. The van der Waals surface area contributed by atoms with E-state index in [4.69, 9.17) is 0 Å². The van der Waals surface area contributed by atoms with Crippen LogP contribution in [0.1, 0.15) is 46.7 Å². The fourth-order valence-corrected chi connectivity index (χ4v) is 2.09. The average Bonchev–Trinajstić information content (AvgIpc) is 2.71. The number of nitrogens with zero attached hydrogens (tertiary/aromatic N) is 2. The van der Waals surface area contributed by atoms with E-state index in [2.05, 4.69) is 44.9 Å². The zero-order valence-corrected chi connectivity index (χ0v) is 13.6. The molecule has 1 aromatic rings. The molecule has 4 nitrogen and oxygen atoms in total. The fourth-order valence-electron chi connectivity index (χ4n) is 1.57. The molecule has 0 aromatic carbocycles. The van der Waals surface area contributed by atoms with Crippen molar-refractivity contribution >= 4 is 17.8 Å². The van der Waals surface area contributed by atoms with E-state index in [0.29, 0.717) is 12.5 Å². The van der Waals surface area contributed by atoms with Crippen molar-refractivity contribution in [2.45, 2.75) is 51.6 Å². The molecule has 19 heavy (non-hydrogen) atoms. The summed E-state index contributed by atoms with van der Waals surface area (Å²) in [7, 11) is 0. The molecule has 0 atom stereocenters. The molecule has 0 fully saturated rings. The highest BCUT2D eigenvalue weighted by Gasteiger charge is 2.21. The highest BCUT2D eigenvalue weighted by Crippen LogP contribution is 2.24. The maximum absolute atomic E-state index is 12.1. The molecule has 0 saturated heterocycles. The maximum Gasteiger partial charge on any atom is 0.327 e. The van der Waals surface area contributed by atoms with Gasteiger partial charge in [-0.2, -0.15) is 0 Å². The first-order valence-corrected chi connectivity index (χ1v) is 7.90. The molecule has 0 bridgehead atoms. The van der Waals surface area contributed by atoms with E-state index in [1.807, 2.05) is 12.5 Å². The number of carbonyl (C=O) groups excluding carboxylic acids is 1. The topological polar surface area (TPSA) is 46.9 Å². The summed E-state index contributed by atoms with van der Waals surface area (Å²) >= 11 is 1.49. The molecule has 0 radical (unpaired) electrons. The zero-order valence-electron chi connectivity index (χ0n) is 12.8. The predicted molar refractivity (Wildman–Crippen MR) is 81.0 cm³/mol. The second kappa shape index (κ2) is 6.46. The molecule has 0 aliphatic carbocycles. The summed E-state index contributed by atoms with van der Waals surface area (Å²) in [6, 6.07) is -0.0898. The van der Waals surface area contributed by atoms with Crippen LogP contribution < -0.4 is 5.32 Å². The quantitative estimate of drug-likeness (QED) is 0.860. The molecule has 0 aliphatic heterocycles.